The molecule has 0 unspecified atom stereocenters. The molecule has 0 spiro atoms. The summed E-state index contributed by atoms with van der Waals surface area (Å²) in [5, 5.41) is 0.710. The molecule has 0 amide bonds. The zero-order valence-electron chi connectivity index (χ0n) is 8.67. The van der Waals surface area contributed by atoms with Gasteiger partial charge in [0.2, 0.25) is 0 Å². The lowest BCUT2D eigenvalue weighted by atomic mass is 10.1. The number of carbonyl (C=O) groups excluding carboxylic acids is 1. The van der Waals surface area contributed by atoms with Gasteiger partial charge in [0.15, 0.2) is 0 Å². The Morgan fingerprint density at radius 2 is 2.07 bits per heavy atom. The third kappa shape index (κ3) is 2.74. The van der Waals surface area contributed by atoms with E-state index in [1.807, 2.05) is 37.2 Å². The van der Waals surface area contributed by atoms with Crippen molar-refractivity contribution in [1.82, 2.24) is 0 Å². The summed E-state index contributed by atoms with van der Waals surface area (Å²) in [6, 6.07) is 5.66. The molecule has 0 saturated carbocycles. The van der Waals surface area contributed by atoms with Crippen LogP contribution in [0.5, 0.6) is 0 Å². The van der Waals surface area contributed by atoms with Gasteiger partial charge in [-0.2, -0.15) is 0 Å². The summed E-state index contributed by atoms with van der Waals surface area (Å²) in [4.78, 5) is 12.9. The monoisotopic (exact) mass is 211 g/mol. The van der Waals surface area contributed by atoms with E-state index in [2.05, 4.69) is 0 Å². The van der Waals surface area contributed by atoms with Crippen molar-refractivity contribution in [3.05, 3.63) is 28.8 Å². The van der Waals surface area contributed by atoms with E-state index in [1.54, 1.807) is 6.92 Å². The summed E-state index contributed by atoms with van der Waals surface area (Å²) in [6.45, 7) is 1.59. The molecule has 0 atom stereocenters. The van der Waals surface area contributed by atoms with Crippen molar-refractivity contribution in [1.29, 1.82) is 0 Å². The standard InChI is InChI=1S/C11H14ClNO/c1-8(14)6-9-4-5-10(12)11(7-9)13(2)3/h4-5,7H,6H2,1-3H3. The smallest absolute Gasteiger partial charge is 0.134 e. The molecular formula is C11H14ClNO. The first-order valence-electron chi connectivity index (χ1n) is 4.46. The molecule has 2 nitrogen and oxygen atoms in total. The minimum Gasteiger partial charge on any atom is -0.376 e. The molecule has 14 heavy (non-hydrogen) atoms. The van der Waals surface area contributed by atoms with Crippen molar-refractivity contribution < 1.29 is 4.79 Å². The summed E-state index contributed by atoms with van der Waals surface area (Å²) < 4.78 is 0. The van der Waals surface area contributed by atoms with Gasteiger partial charge in [-0.05, 0) is 24.6 Å². The molecule has 0 aliphatic heterocycles. The quantitative estimate of drug-likeness (QED) is 0.766. The van der Waals surface area contributed by atoms with Gasteiger partial charge in [0.25, 0.3) is 0 Å². The Kier molecular flexibility index (Phi) is 3.53. The van der Waals surface area contributed by atoms with E-state index in [0.29, 0.717) is 11.4 Å². The van der Waals surface area contributed by atoms with Gasteiger partial charge in [0.05, 0.1) is 10.7 Å². The van der Waals surface area contributed by atoms with E-state index in [4.69, 9.17) is 11.6 Å². The van der Waals surface area contributed by atoms with E-state index in [-0.39, 0.29) is 5.78 Å². The van der Waals surface area contributed by atoms with Crippen molar-refractivity contribution in [3.63, 3.8) is 0 Å². The van der Waals surface area contributed by atoms with Crippen molar-refractivity contribution in [2.45, 2.75) is 13.3 Å². The van der Waals surface area contributed by atoms with Gasteiger partial charge in [-0.15, -0.1) is 0 Å². The molecule has 76 valence electrons. The minimum atomic E-state index is 0.164. The maximum absolute atomic E-state index is 10.9. The average molecular weight is 212 g/mol. The topological polar surface area (TPSA) is 20.3 Å². The van der Waals surface area contributed by atoms with Gasteiger partial charge in [-0.25, -0.2) is 0 Å². The summed E-state index contributed by atoms with van der Waals surface area (Å²) >= 11 is 6.00. The number of hydrogen-bond acceptors (Lipinski definition) is 2. The van der Waals surface area contributed by atoms with Gasteiger partial charge in [0, 0.05) is 20.5 Å². The lowest BCUT2D eigenvalue weighted by Gasteiger charge is -2.15. The average Bonchev–Trinajstić information content (AvgIpc) is 2.07. The largest absolute Gasteiger partial charge is 0.376 e. The van der Waals surface area contributed by atoms with E-state index >= 15 is 0 Å². The van der Waals surface area contributed by atoms with Gasteiger partial charge in [-0.3, -0.25) is 4.79 Å². The SMILES string of the molecule is CC(=O)Cc1ccc(Cl)c(N(C)C)c1. The number of carbonyl (C=O) groups is 1. The van der Waals surface area contributed by atoms with Crippen LogP contribution in [0.1, 0.15) is 12.5 Å². The van der Waals surface area contributed by atoms with Gasteiger partial charge in [-0.1, -0.05) is 17.7 Å². The fraction of sp³-hybridized carbons (Fsp3) is 0.364. The predicted molar refractivity (Wildman–Crippen MR) is 60.2 cm³/mol. The molecule has 0 N–H and O–H groups in total. The first-order chi connectivity index (χ1) is 6.50. The van der Waals surface area contributed by atoms with Crippen LogP contribution in [0.4, 0.5) is 5.69 Å². The van der Waals surface area contributed by atoms with Crippen LogP contribution in [0.3, 0.4) is 0 Å². The second-order valence-electron chi connectivity index (χ2n) is 3.56. The summed E-state index contributed by atoms with van der Waals surface area (Å²) in [7, 11) is 3.86. The molecule has 0 fully saturated rings. The van der Waals surface area contributed by atoms with E-state index < -0.39 is 0 Å². The molecule has 3 heteroatoms. The van der Waals surface area contributed by atoms with Crippen LogP contribution in [-0.2, 0) is 11.2 Å². The van der Waals surface area contributed by atoms with Crippen LogP contribution < -0.4 is 4.90 Å². The Bertz CT molecular complexity index is 347. The zero-order valence-corrected chi connectivity index (χ0v) is 9.43. The second-order valence-corrected chi connectivity index (χ2v) is 3.97. The summed E-state index contributed by atoms with van der Waals surface area (Å²) in [6.07, 6.45) is 0.470. The second kappa shape index (κ2) is 4.47. The number of ketones is 1. The van der Waals surface area contributed by atoms with Crippen LogP contribution >= 0.6 is 11.6 Å². The molecule has 0 bridgehead atoms. The van der Waals surface area contributed by atoms with Gasteiger partial charge >= 0.3 is 0 Å². The fourth-order valence-electron chi connectivity index (χ4n) is 1.30. The van der Waals surface area contributed by atoms with Crippen LogP contribution in [-0.4, -0.2) is 19.9 Å². The van der Waals surface area contributed by atoms with Crippen LogP contribution in [0.25, 0.3) is 0 Å². The first kappa shape index (κ1) is 11.1. The first-order valence-corrected chi connectivity index (χ1v) is 4.83. The Labute approximate surface area is 89.5 Å². The van der Waals surface area contributed by atoms with Crippen LogP contribution in [0.2, 0.25) is 5.02 Å². The maximum Gasteiger partial charge on any atom is 0.134 e. The maximum atomic E-state index is 10.9. The number of benzene rings is 1. The minimum absolute atomic E-state index is 0.164. The van der Waals surface area contributed by atoms with E-state index in [1.165, 1.54) is 0 Å². The lowest BCUT2D eigenvalue weighted by Crippen LogP contribution is -2.10. The Morgan fingerprint density at radius 3 is 2.57 bits per heavy atom. The third-order valence-electron chi connectivity index (χ3n) is 1.95. The Balaban J connectivity index is 3.00. The normalized spacial score (nSPS) is 10.0. The molecule has 1 aromatic rings. The molecule has 0 radical (unpaired) electrons. The number of hydrogen-bond donors (Lipinski definition) is 0. The Morgan fingerprint density at radius 1 is 1.43 bits per heavy atom. The third-order valence-corrected chi connectivity index (χ3v) is 2.27. The highest BCUT2D eigenvalue weighted by Gasteiger charge is 2.05. The fourth-order valence-corrected chi connectivity index (χ4v) is 1.58. The molecule has 1 aromatic carbocycles. The number of rotatable bonds is 3. The molecule has 0 saturated heterocycles. The highest BCUT2D eigenvalue weighted by Crippen LogP contribution is 2.25. The molecular weight excluding hydrogens is 198 g/mol. The Hall–Kier alpha value is -1.02. The van der Waals surface area contributed by atoms with E-state index in [0.717, 1.165) is 11.3 Å². The predicted octanol–water partition coefficient (Wildman–Crippen LogP) is 2.54. The highest BCUT2D eigenvalue weighted by atomic mass is 35.5. The molecule has 0 aliphatic rings. The summed E-state index contributed by atoms with van der Waals surface area (Å²) in [5.74, 6) is 0.164. The molecule has 1 rings (SSSR count). The van der Waals surface area contributed by atoms with Crippen LogP contribution in [0.15, 0.2) is 18.2 Å². The number of nitrogens with zero attached hydrogens (tertiary/aromatic N) is 1. The number of halogens is 1. The molecule has 0 heterocycles. The van der Waals surface area contributed by atoms with Crippen LogP contribution in [0, 0.1) is 0 Å². The molecule has 0 aliphatic carbocycles. The molecule has 0 aromatic heterocycles. The van der Waals surface area contributed by atoms with Crippen molar-refractivity contribution in [3.8, 4) is 0 Å². The summed E-state index contributed by atoms with van der Waals surface area (Å²) in [5.41, 5.74) is 1.95. The zero-order chi connectivity index (χ0) is 10.7. The highest BCUT2D eigenvalue weighted by molar-refractivity contribution is 6.33. The lowest BCUT2D eigenvalue weighted by molar-refractivity contribution is -0.116. The van der Waals surface area contributed by atoms with Crippen molar-refractivity contribution in [2.75, 3.05) is 19.0 Å². The van der Waals surface area contributed by atoms with E-state index in [9.17, 15) is 4.79 Å². The van der Waals surface area contributed by atoms with Gasteiger partial charge < -0.3 is 4.90 Å². The number of anilines is 1. The van der Waals surface area contributed by atoms with Crippen molar-refractivity contribution in [2.24, 2.45) is 0 Å². The van der Waals surface area contributed by atoms with Gasteiger partial charge in [0.1, 0.15) is 5.78 Å². The number of Topliss-reactive ketones (excluding diaryl/α,β-unsaturated/α-hetero) is 1. The van der Waals surface area contributed by atoms with Crippen molar-refractivity contribution >= 4 is 23.1 Å².